The van der Waals surface area contributed by atoms with Gasteiger partial charge in [0.1, 0.15) is 6.04 Å². The zero-order chi connectivity index (χ0) is 11.4. The van der Waals surface area contributed by atoms with Crippen molar-refractivity contribution in [3.05, 3.63) is 0 Å². The summed E-state index contributed by atoms with van der Waals surface area (Å²) >= 11 is 0. The Bertz CT molecular complexity index is 212. The highest BCUT2D eigenvalue weighted by Crippen LogP contribution is 2.35. The van der Waals surface area contributed by atoms with E-state index in [-0.39, 0.29) is 12.0 Å². The molecule has 0 aliphatic heterocycles. The lowest BCUT2D eigenvalue weighted by molar-refractivity contribution is -0.147. The van der Waals surface area contributed by atoms with Crippen LogP contribution in [0.25, 0.3) is 0 Å². The molecule has 0 saturated heterocycles. The topological polar surface area (TPSA) is 29.5 Å². The van der Waals surface area contributed by atoms with Crippen LogP contribution in [0.1, 0.15) is 33.1 Å². The number of carbonyl (C=O) groups excluding carboxylic acids is 1. The largest absolute Gasteiger partial charge is 0.468 e. The van der Waals surface area contributed by atoms with Gasteiger partial charge in [0.2, 0.25) is 0 Å². The first-order valence-electron chi connectivity index (χ1n) is 5.84. The molecular formula is C12H23NO2. The fourth-order valence-corrected chi connectivity index (χ4v) is 1.87. The first-order valence-corrected chi connectivity index (χ1v) is 5.84. The van der Waals surface area contributed by atoms with Crippen LogP contribution in [0.5, 0.6) is 0 Å². The van der Waals surface area contributed by atoms with Crippen LogP contribution in [0.2, 0.25) is 0 Å². The van der Waals surface area contributed by atoms with Gasteiger partial charge in [-0.3, -0.25) is 9.69 Å². The van der Waals surface area contributed by atoms with Gasteiger partial charge in [-0.15, -0.1) is 0 Å². The third-order valence-corrected chi connectivity index (χ3v) is 3.05. The summed E-state index contributed by atoms with van der Waals surface area (Å²) in [6, 6.07) is -0.00579. The van der Waals surface area contributed by atoms with Crippen molar-refractivity contribution >= 4 is 5.97 Å². The molecule has 1 saturated carbocycles. The number of rotatable bonds is 6. The predicted octanol–water partition coefficient (Wildman–Crippen LogP) is 1.92. The Morgan fingerprint density at radius 1 is 1.47 bits per heavy atom. The monoisotopic (exact) mass is 213 g/mol. The molecule has 1 aliphatic carbocycles. The molecule has 0 aromatic carbocycles. The Morgan fingerprint density at radius 2 is 2.07 bits per heavy atom. The highest BCUT2D eigenvalue weighted by Gasteiger charge is 2.39. The van der Waals surface area contributed by atoms with E-state index in [1.165, 1.54) is 20.0 Å². The SMILES string of the molecule is COC(=O)C(C1CC1)N(C)CCC(C)C. The second kappa shape index (κ2) is 5.50. The van der Waals surface area contributed by atoms with Crippen LogP contribution in [0.3, 0.4) is 0 Å². The molecule has 1 atom stereocenters. The summed E-state index contributed by atoms with van der Waals surface area (Å²) < 4.78 is 4.86. The third kappa shape index (κ3) is 3.82. The van der Waals surface area contributed by atoms with Crippen LogP contribution in [-0.2, 0) is 9.53 Å². The third-order valence-electron chi connectivity index (χ3n) is 3.05. The van der Waals surface area contributed by atoms with Crippen molar-refractivity contribution in [2.75, 3.05) is 20.7 Å². The zero-order valence-corrected chi connectivity index (χ0v) is 10.3. The van der Waals surface area contributed by atoms with Crippen LogP contribution >= 0.6 is 0 Å². The summed E-state index contributed by atoms with van der Waals surface area (Å²) in [6.45, 7) is 5.39. The number of esters is 1. The first-order chi connectivity index (χ1) is 7.06. The smallest absolute Gasteiger partial charge is 0.323 e. The van der Waals surface area contributed by atoms with E-state index in [1.807, 2.05) is 7.05 Å². The molecule has 0 aromatic heterocycles. The molecule has 88 valence electrons. The summed E-state index contributed by atoms with van der Waals surface area (Å²) in [5, 5.41) is 0. The lowest BCUT2D eigenvalue weighted by Gasteiger charge is -2.26. The Balaban J connectivity index is 2.44. The molecule has 15 heavy (non-hydrogen) atoms. The van der Waals surface area contributed by atoms with Crippen LogP contribution < -0.4 is 0 Å². The summed E-state index contributed by atoms with van der Waals surface area (Å²) in [5.41, 5.74) is 0. The van der Waals surface area contributed by atoms with Crippen molar-refractivity contribution in [2.45, 2.75) is 39.2 Å². The number of hydrogen-bond donors (Lipinski definition) is 0. The van der Waals surface area contributed by atoms with Gasteiger partial charge in [-0.05, 0) is 44.7 Å². The maximum Gasteiger partial charge on any atom is 0.323 e. The van der Waals surface area contributed by atoms with Crippen LogP contribution in [0.4, 0.5) is 0 Å². The number of likely N-dealkylation sites (N-methyl/N-ethyl adjacent to an activating group) is 1. The van der Waals surface area contributed by atoms with Crippen LogP contribution in [0, 0.1) is 11.8 Å². The van der Waals surface area contributed by atoms with Crippen LogP contribution in [0.15, 0.2) is 0 Å². The van der Waals surface area contributed by atoms with Gasteiger partial charge in [-0.2, -0.15) is 0 Å². The average molecular weight is 213 g/mol. The number of methoxy groups -OCH3 is 1. The normalized spacial score (nSPS) is 18.3. The minimum Gasteiger partial charge on any atom is -0.468 e. The number of carbonyl (C=O) groups is 1. The van der Waals surface area contributed by atoms with Crippen molar-refractivity contribution < 1.29 is 9.53 Å². The van der Waals surface area contributed by atoms with E-state index in [9.17, 15) is 4.79 Å². The molecule has 3 heteroatoms. The fourth-order valence-electron chi connectivity index (χ4n) is 1.87. The Kier molecular flexibility index (Phi) is 4.58. The van der Waals surface area contributed by atoms with Gasteiger partial charge in [-0.1, -0.05) is 13.8 Å². The first kappa shape index (κ1) is 12.5. The molecule has 0 amide bonds. The number of hydrogen-bond acceptors (Lipinski definition) is 3. The summed E-state index contributed by atoms with van der Waals surface area (Å²) in [4.78, 5) is 13.8. The van der Waals surface area contributed by atoms with Gasteiger partial charge in [0.05, 0.1) is 7.11 Å². The van der Waals surface area contributed by atoms with Crippen LogP contribution in [-0.4, -0.2) is 37.6 Å². The highest BCUT2D eigenvalue weighted by molar-refractivity contribution is 5.76. The Hall–Kier alpha value is -0.570. The minimum atomic E-state index is -0.0660. The molecule has 0 radical (unpaired) electrons. The molecule has 1 fully saturated rings. The van der Waals surface area contributed by atoms with Crippen molar-refractivity contribution in [2.24, 2.45) is 11.8 Å². The second-order valence-electron chi connectivity index (χ2n) is 4.97. The van der Waals surface area contributed by atoms with Crippen molar-refractivity contribution in [3.63, 3.8) is 0 Å². The quantitative estimate of drug-likeness (QED) is 0.631. The van der Waals surface area contributed by atoms with Gasteiger partial charge >= 0.3 is 5.97 Å². The van der Waals surface area contributed by atoms with Gasteiger partial charge in [0.25, 0.3) is 0 Å². The molecule has 0 N–H and O–H groups in total. The summed E-state index contributed by atoms with van der Waals surface area (Å²) in [7, 11) is 3.51. The summed E-state index contributed by atoms with van der Waals surface area (Å²) in [6.07, 6.45) is 3.48. The van der Waals surface area contributed by atoms with E-state index in [0.717, 1.165) is 13.0 Å². The van der Waals surface area contributed by atoms with Crippen molar-refractivity contribution in [3.8, 4) is 0 Å². The van der Waals surface area contributed by atoms with Crippen molar-refractivity contribution in [1.82, 2.24) is 4.90 Å². The standard InChI is InChI=1S/C12H23NO2/c1-9(2)7-8-13(3)11(10-5-6-10)12(14)15-4/h9-11H,5-8H2,1-4H3. The second-order valence-corrected chi connectivity index (χ2v) is 4.97. The van der Waals surface area contributed by atoms with E-state index < -0.39 is 0 Å². The maximum absolute atomic E-state index is 11.6. The molecule has 0 aromatic rings. The van der Waals surface area contributed by atoms with E-state index in [1.54, 1.807) is 0 Å². The summed E-state index contributed by atoms with van der Waals surface area (Å²) in [5.74, 6) is 1.16. The molecule has 1 aliphatic rings. The molecule has 3 nitrogen and oxygen atoms in total. The van der Waals surface area contributed by atoms with E-state index in [4.69, 9.17) is 4.74 Å². The number of ether oxygens (including phenoxy) is 1. The molecule has 0 bridgehead atoms. The van der Waals surface area contributed by atoms with Crippen molar-refractivity contribution in [1.29, 1.82) is 0 Å². The fraction of sp³-hybridized carbons (Fsp3) is 0.917. The lowest BCUT2D eigenvalue weighted by Crippen LogP contribution is -2.41. The molecule has 0 spiro atoms. The number of nitrogens with zero attached hydrogens (tertiary/aromatic N) is 1. The van der Waals surface area contributed by atoms with Gasteiger partial charge < -0.3 is 4.74 Å². The zero-order valence-electron chi connectivity index (χ0n) is 10.3. The molecule has 1 unspecified atom stereocenters. The van der Waals surface area contributed by atoms with E-state index >= 15 is 0 Å². The predicted molar refractivity (Wildman–Crippen MR) is 60.6 cm³/mol. The maximum atomic E-state index is 11.6. The van der Waals surface area contributed by atoms with Gasteiger partial charge in [0.15, 0.2) is 0 Å². The van der Waals surface area contributed by atoms with Gasteiger partial charge in [-0.25, -0.2) is 0 Å². The minimum absolute atomic E-state index is 0.00579. The Labute approximate surface area is 92.8 Å². The average Bonchev–Trinajstić information content (AvgIpc) is 2.98. The highest BCUT2D eigenvalue weighted by atomic mass is 16.5. The Morgan fingerprint density at radius 3 is 2.47 bits per heavy atom. The molecule has 0 heterocycles. The van der Waals surface area contributed by atoms with E-state index in [0.29, 0.717) is 11.8 Å². The molecule has 1 rings (SSSR count). The molecular weight excluding hydrogens is 190 g/mol. The van der Waals surface area contributed by atoms with E-state index in [2.05, 4.69) is 18.7 Å². The lowest BCUT2D eigenvalue weighted by atomic mass is 10.1. The van der Waals surface area contributed by atoms with Gasteiger partial charge in [0, 0.05) is 0 Å².